The Morgan fingerprint density at radius 3 is 2.92 bits per heavy atom. The Balaban J connectivity index is 1.64. The molecule has 1 N–H and O–H groups in total. The van der Waals surface area contributed by atoms with Gasteiger partial charge < -0.3 is 14.6 Å². The van der Waals surface area contributed by atoms with Gasteiger partial charge in [0.25, 0.3) is 0 Å². The summed E-state index contributed by atoms with van der Waals surface area (Å²) >= 11 is 6.12. The van der Waals surface area contributed by atoms with Gasteiger partial charge in [-0.25, -0.2) is 9.97 Å². The van der Waals surface area contributed by atoms with Gasteiger partial charge in [0, 0.05) is 29.0 Å². The Hall–Kier alpha value is -2.34. The first-order valence-electron chi connectivity index (χ1n) is 8.51. The number of nitrogens with one attached hydrogen (secondary N) is 1. The zero-order valence-corrected chi connectivity index (χ0v) is 14.7. The van der Waals surface area contributed by atoms with E-state index in [-0.39, 0.29) is 11.9 Å². The number of rotatable bonds is 3. The molecular formula is C18H19ClN4O2. The summed E-state index contributed by atoms with van der Waals surface area (Å²) in [7, 11) is 0. The number of nitrogens with zero attached hydrogens (tertiary/aromatic N) is 3. The van der Waals surface area contributed by atoms with E-state index in [1.165, 1.54) is 0 Å². The fraction of sp³-hybridized carbons (Fsp3) is 0.389. The molecule has 7 heteroatoms. The zero-order valence-electron chi connectivity index (χ0n) is 14.0. The van der Waals surface area contributed by atoms with E-state index < -0.39 is 0 Å². The Labute approximate surface area is 150 Å². The highest BCUT2D eigenvalue weighted by Crippen LogP contribution is 2.32. The molecule has 130 valence electrons. The van der Waals surface area contributed by atoms with Crippen LogP contribution in [0.1, 0.15) is 19.8 Å². The maximum atomic E-state index is 11.9. The SMILES string of the molecule is CCOC(=O)C1CCN(c2ncnc3c2[nH]c2ccc(Cl)cc23)CC1. The number of halogens is 1. The van der Waals surface area contributed by atoms with E-state index in [9.17, 15) is 4.79 Å². The third kappa shape index (κ3) is 2.91. The van der Waals surface area contributed by atoms with Gasteiger partial charge in [-0.2, -0.15) is 0 Å². The predicted molar refractivity (Wildman–Crippen MR) is 98.0 cm³/mol. The molecule has 3 heterocycles. The number of carbonyl (C=O) groups excluding carboxylic acids is 1. The molecule has 1 saturated heterocycles. The number of hydrogen-bond donors (Lipinski definition) is 1. The number of aromatic nitrogens is 3. The van der Waals surface area contributed by atoms with Crippen LogP contribution in [0.25, 0.3) is 21.9 Å². The van der Waals surface area contributed by atoms with Crippen molar-refractivity contribution in [1.82, 2.24) is 15.0 Å². The molecule has 4 rings (SSSR count). The summed E-state index contributed by atoms with van der Waals surface area (Å²) in [6, 6.07) is 5.73. The average Bonchev–Trinajstić information content (AvgIpc) is 3.00. The molecule has 1 aliphatic rings. The number of ether oxygens (including phenoxy) is 1. The van der Waals surface area contributed by atoms with Gasteiger partial charge in [0.05, 0.1) is 12.5 Å². The van der Waals surface area contributed by atoms with Crippen molar-refractivity contribution in [2.45, 2.75) is 19.8 Å². The molecule has 25 heavy (non-hydrogen) atoms. The lowest BCUT2D eigenvalue weighted by atomic mass is 9.97. The third-order valence-corrected chi connectivity index (χ3v) is 4.97. The summed E-state index contributed by atoms with van der Waals surface area (Å²) < 4.78 is 5.14. The van der Waals surface area contributed by atoms with Crippen LogP contribution in [-0.2, 0) is 9.53 Å². The number of piperidine rings is 1. The van der Waals surface area contributed by atoms with Crippen LogP contribution >= 0.6 is 11.6 Å². The van der Waals surface area contributed by atoms with Gasteiger partial charge in [0.1, 0.15) is 17.4 Å². The van der Waals surface area contributed by atoms with Crippen molar-refractivity contribution in [3.05, 3.63) is 29.5 Å². The van der Waals surface area contributed by atoms with Gasteiger partial charge in [0.15, 0.2) is 5.82 Å². The molecule has 0 radical (unpaired) electrons. The molecule has 0 saturated carbocycles. The molecule has 0 spiro atoms. The maximum absolute atomic E-state index is 11.9. The minimum Gasteiger partial charge on any atom is -0.466 e. The number of fused-ring (bicyclic) bond motifs is 3. The number of H-pyrrole nitrogens is 1. The second-order valence-electron chi connectivity index (χ2n) is 6.25. The van der Waals surface area contributed by atoms with Crippen LogP contribution in [-0.4, -0.2) is 40.6 Å². The van der Waals surface area contributed by atoms with Crippen molar-refractivity contribution in [2.75, 3.05) is 24.6 Å². The van der Waals surface area contributed by atoms with Crippen molar-refractivity contribution in [1.29, 1.82) is 0 Å². The largest absolute Gasteiger partial charge is 0.466 e. The molecule has 1 aromatic carbocycles. The average molecular weight is 359 g/mol. The van der Waals surface area contributed by atoms with E-state index in [2.05, 4.69) is 19.9 Å². The predicted octanol–water partition coefficient (Wildman–Crippen LogP) is 3.54. The van der Waals surface area contributed by atoms with Crippen molar-refractivity contribution in [3.63, 3.8) is 0 Å². The Morgan fingerprint density at radius 2 is 2.16 bits per heavy atom. The fourth-order valence-electron chi connectivity index (χ4n) is 3.48. The lowest BCUT2D eigenvalue weighted by Gasteiger charge is -2.31. The van der Waals surface area contributed by atoms with Crippen LogP contribution in [0.2, 0.25) is 5.02 Å². The highest BCUT2D eigenvalue weighted by Gasteiger charge is 2.27. The summed E-state index contributed by atoms with van der Waals surface area (Å²) in [5.74, 6) is 0.768. The number of hydrogen-bond acceptors (Lipinski definition) is 5. The van der Waals surface area contributed by atoms with Crippen LogP contribution < -0.4 is 4.90 Å². The molecule has 0 amide bonds. The maximum Gasteiger partial charge on any atom is 0.309 e. The number of aromatic amines is 1. The molecule has 1 fully saturated rings. The second kappa shape index (κ2) is 6.52. The van der Waals surface area contributed by atoms with Crippen LogP contribution in [0.5, 0.6) is 0 Å². The number of anilines is 1. The van der Waals surface area contributed by atoms with E-state index in [1.54, 1.807) is 6.33 Å². The monoisotopic (exact) mass is 358 g/mol. The van der Waals surface area contributed by atoms with E-state index in [0.29, 0.717) is 11.6 Å². The normalized spacial score (nSPS) is 15.8. The van der Waals surface area contributed by atoms with Gasteiger partial charge in [-0.05, 0) is 38.0 Å². The summed E-state index contributed by atoms with van der Waals surface area (Å²) in [6.45, 7) is 3.81. The standard InChI is InChI=1S/C18H19ClN4O2/c1-2-25-18(24)11-5-7-23(8-6-11)17-16-15(20-10-21-17)13-9-12(19)3-4-14(13)22-16/h3-4,9-11,22H,2,5-8H2,1H3. The first kappa shape index (κ1) is 16.1. The van der Waals surface area contributed by atoms with Crippen molar-refractivity contribution in [3.8, 4) is 0 Å². The molecular weight excluding hydrogens is 340 g/mol. The molecule has 2 aromatic heterocycles. The fourth-order valence-corrected chi connectivity index (χ4v) is 3.65. The summed E-state index contributed by atoms with van der Waals surface area (Å²) in [5, 5.41) is 1.68. The lowest BCUT2D eigenvalue weighted by molar-refractivity contribution is -0.148. The van der Waals surface area contributed by atoms with Gasteiger partial charge in [-0.1, -0.05) is 11.6 Å². The highest BCUT2D eigenvalue weighted by molar-refractivity contribution is 6.31. The number of esters is 1. The second-order valence-corrected chi connectivity index (χ2v) is 6.69. The van der Waals surface area contributed by atoms with Crippen LogP contribution in [0.4, 0.5) is 5.82 Å². The number of carbonyl (C=O) groups is 1. The summed E-state index contributed by atoms with van der Waals surface area (Å²) in [5.41, 5.74) is 2.77. The Kier molecular flexibility index (Phi) is 4.21. The first-order chi connectivity index (χ1) is 12.2. The quantitative estimate of drug-likeness (QED) is 0.725. The lowest BCUT2D eigenvalue weighted by Crippen LogP contribution is -2.37. The smallest absolute Gasteiger partial charge is 0.309 e. The number of benzene rings is 1. The van der Waals surface area contributed by atoms with Gasteiger partial charge in [-0.3, -0.25) is 4.79 Å². The molecule has 0 aliphatic carbocycles. The minimum atomic E-state index is -0.0877. The summed E-state index contributed by atoms with van der Waals surface area (Å²) in [4.78, 5) is 26.5. The molecule has 3 aromatic rings. The van der Waals surface area contributed by atoms with E-state index in [0.717, 1.165) is 53.7 Å². The minimum absolute atomic E-state index is 0.0185. The first-order valence-corrected chi connectivity index (χ1v) is 8.88. The topological polar surface area (TPSA) is 71.1 Å². The zero-order chi connectivity index (χ0) is 17.4. The Bertz CT molecular complexity index is 931. The highest BCUT2D eigenvalue weighted by atomic mass is 35.5. The molecule has 0 bridgehead atoms. The van der Waals surface area contributed by atoms with Crippen LogP contribution in [0, 0.1) is 5.92 Å². The van der Waals surface area contributed by atoms with Crippen molar-refractivity contribution < 1.29 is 9.53 Å². The third-order valence-electron chi connectivity index (χ3n) is 4.74. The van der Waals surface area contributed by atoms with E-state index in [4.69, 9.17) is 16.3 Å². The Morgan fingerprint density at radius 1 is 1.36 bits per heavy atom. The van der Waals surface area contributed by atoms with E-state index in [1.807, 2.05) is 25.1 Å². The van der Waals surface area contributed by atoms with Crippen LogP contribution in [0.3, 0.4) is 0 Å². The molecule has 1 aliphatic heterocycles. The van der Waals surface area contributed by atoms with Gasteiger partial charge in [0.2, 0.25) is 0 Å². The molecule has 0 unspecified atom stereocenters. The van der Waals surface area contributed by atoms with Gasteiger partial charge in [-0.15, -0.1) is 0 Å². The van der Waals surface area contributed by atoms with Gasteiger partial charge >= 0.3 is 5.97 Å². The van der Waals surface area contributed by atoms with Crippen molar-refractivity contribution in [2.24, 2.45) is 5.92 Å². The van der Waals surface area contributed by atoms with Crippen molar-refractivity contribution >= 4 is 45.3 Å². The van der Waals surface area contributed by atoms with Crippen LogP contribution in [0.15, 0.2) is 24.5 Å². The molecule has 6 nitrogen and oxygen atoms in total. The molecule has 0 atom stereocenters. The van der Waals surface area contributed by atoms with E-state index >= 15 is 0 Å². The summed E-state index contributed by atoms with van der Waals surface area (Å²) in [6.07, 6.45) is 3.13.